The molecule has 0 aliphatic heterocycles. The van der Waals surface area contributed by atoms with Gasteiger partial charge in [0.15, 0.2) is 0 Å². The highest BCUT2D eigenvalue weighted by atomic mass is 79.9. The molecule has 0 aliphatic rings. The van der Waals surface area contributed by atoms with Gasteiger partial charge in [-0.15, -0.1) is 0 Å². The number of fused-ring (bicyclic) bond motifs is 1. The zero-order chi connectivity index (χ0) is 17.1. The van der Waals surface area contributed by atoms with E-state index in [1.54, 1.807) is 19.1 Å². The number of nitriles is 1. The van der Waals surface area contributed by atoms with Gasteiger partial charge in [0.25, 0.3) is 0 Å². The van der Waals surface area contributed by atoms with Gasteiger partial charge in [0.1, 0.15) is 0 Å². The van der Waals surface area contributed by atoms with E-state index in [2.05, 4.69) is 27.0 Å². The Balaban J connectivity index is 2.16. The van der Waals surface area contributed by atoms with Crippen LogP contribution in [0.3, 0.4) is 0 Å². The summed E-state index contributed by atoms with van der Waals surface area (Å²) < 4.78 is 5.73. The molecule has 24 heavy (non-hydrogen) atoms. The number of halogens is 1. The topological polar surface area (TPSA) is 63.0 Å². The van der Waals surface area contributed by atoms with Crippen molar-refractivity contribution in [3.05, 3.63) is 64.3 Å². The van der Waals surface area contributed by atoms with Gasteiger partial charge in [0.2, 0.25) is 0 Å². The van der Waals surface area contributed by atoms with Crippen LogP contribution in [0.15, 0.2) is 53.1 Å². The van der Waals surface area contributed by atoms with Gasteiger partial charge in [-0.3, -0.25) is 4.98 Å². The van der Waals surface area contributed by atoms with Crippen LogP contribution >= 0.6 is 15.9 Å². The van der Waals surface area contributed by atoms with E-state index in [4.69, 9.17) is 10.00 Å². The molecule has 0 radical (unpaired) electrons. The molecule has 0 atom stereocenters. The maximum atomic E-state index is 12.0. The van der Waals surface area contributed by atoms with E-state index < -0.39 is 5.97 Å². The summed E-state index contributed by atoms with van der Waals surface area (Å²) in [5.41, 5.74) is 3.69. The Labute approximate surface area is 147 Å². The van der Waals surface area contributed by atoms with Crippen molar-refractivity contribution in [2.45, 2.75) is 6.92 Å². The molecule has 3 aromatic rings. The average Bonchev–Trinajstić information content (AvgIpc) is 2.62. The van der Waals surface area contributed by atoms with E-state index in [-0.39, 0.29) is 0 Å². The number of hydrogen-bond donors (Lipinski definition) is 0. The van der Waals surface area contributed by atoms with Crippen molar-refractivity contribution in [1.82, 2.24) is 4.98 Å². The Morgan fingerprint density at radius 1 is 1.25 bits per heavy atom. The summed E-state index contributed by atoms with van der Waals surface area (Å²) in [6.07, 6.45) is 1.53. The molecule has 118 valence electrons. The fraction of sp³-hybridized carbons (Fsp3) is 0.105. The molecule has 1 heterocycles. The fourth-order valence-corrected chi connectivity index (χ4v) is 3.08. The van der Waals surface area contributed by atoms with Crippen LogP contribution in [0.4, 0.5) is 0 Å². The van der Waals surface area contributed by atoms with E-state index in [1.165, 1.54) is 6.20 Å². The summed E-state index contributed by atoms with van der Waals surface area (Å²) in [6.45, 7) is 2.08. The van der Waals surface area contributed by atoms with Crippen LogP contribution in [0.5, 0.6) is 0 Å². The number of benzene rings is 2. The molecule has 0 aliphatic carbocycles. The number of para-hydroxylation sites is 1. The summed E-state index contributed by atoms with van der Waals surface area (Å²) in [6, 6.07) is 15.2. The van der Waals surface area contributed by atoms with Crippen molar-refractivity contribution in [1.29, 1.82) is 5.26 Å². The van der Waals surface area contributed by atoms with E-state index in [0.29, 0.717) is 22.2 Å². The molecule has 0 N–H and O–H groups in total. The first-order valence-corrected chi connectivity index (χ1v) is 8.20. The van der Waals surface area contributed by atoms with Gasteiger partial charge in [0, 0.05) is 21.6 Å². The first-order chi connectivity index (χ1) is 11.7. The van der Waals surface area contributed by atoms with Gasteiger partial charge >= 0.3 is 5.97 Å². The Bertz CT molecular complexity index is 960. The van der Waals surface area contributed by atoms with Gasteiger partial charge in [-0.1, -0.05) is 30.3 Å². The van der Waals surface area contributed by atoms with E-state index in [1.807, 2.05) is 30.3 Å². The van der Waals surface area contributed by atoms with Crippen LogP contribution < -0.4 is 0 Å². The normalized spacial score (nSPS) is 10.4. The summed E-state index contributed by atoms with van der Waals surface area (Å²) in [5, 5.41) is 9.76. The molecular formula is C19H13BrN2O2. The SMILES string of the molecule is CCOC(=O)c1cnc2c(-c3ccc(C#N)cc3)cccc2c1Br. The van der Waals surface area contributed by atoms with Crippen LogP contribution in [0.25, 0.3) is 22.0 Å². The summed E-state index contributed by atoms with van der Waals surface area (Å²) in [5.74, 6) is -0.400. The molecule has 0 amide bonds. The van der Waals surface area contributed by atoms with Crippen LogP contribution in [-0.2, 0) is 4.74 Å². The fourth-order valence-electron chi connectivity index (χ4n) is 2.50. The second kappa shape index (κ2) is 6.81. The smallest absolute Gasteiger partial charge is 0.340 e. The monoisotopic (exact) mass is 380 g/mol. The van der Waals surface area contributed by atoms with Crippen molar-refractivity contribution in [2.75, 3.05) is 6.61 Å². The number of carbonyl (C=O) groups excluding carboxylic acids is 1. The first-order valence-electron chi connectivity index (χ1n) is 7.40. The first kappa shape index (κ1) is 16.2. The van der Waals surface area contributed by atoms with E-state index in [9.17, 15) is 4.79 Å². The van der Waals surface area contributed by atoms with Gasteiger partial charge in [-0.05, 0) is 40.5 Å². The number of hydrogen-bond acceptors (Lipinski definition) is 4. The van der Waals surface area contributed by atoms with Crippen LogP contribution in [0.2, 0.25) is 0 Å². The Morgan fingerprint density at radius 2 is 2.00 bits per heavy atom. The minimum Gasteiger partial charge on any atom is -0.462 e. The standard InChI is InChI=1S/C19H13BrN2O2/c1-2-24-19(23)16-11-22-18-14(4-3-5-15(18)17(16)20)13-8-6-12(10-21)7-9-13/h3-9,11H,2H2,1H3. The van der Waals surface area contributed by atoms with E-state index in [0.717, 1.165) is 22.0 Å². The number of pyridine rings is 1. The largest absolute Gasteiger partial charge is 0.462 e. The quantitative estimate of drug-likeness (QED) is 0.617. The average molecular weight is 381 g/mol. The number of aromatic nitrogens is 1. The van der Waals surface area contributed by atoms with Crippen LogP contribution in [0, 0.1) is 11.3 Å². The van der Waals surface area contributed by atoms with Gasteiger partial charge < -0.3 is 4.74 Å². The molecule has 0 saturated heterocycles. The van der Waals surface area contributed by atoms with Crippen molar-refractivity contribution in [3.63, 3.8) is 0 Å². The van der Waals surface area contributed by atoms with Crippen LogP contribution in [0.1, 0.15) is 22.8 Å². The minimum absolute atomic E-state index is 0.314. The molecule has 4 nitrogen and oxygen atoms in total. The minimum atomic E-state index is -0.400. The van der Waals surface area contributed by atoms with Crippen molar-refractivity contribution in [3.8, 4) is 17.2 Å². The molecule has 5 heteroatoms. The van der Waals surface area contributed by atoms with Crippen LogP contribution in [-0.4, -0.2) is 17.6 Å². The lowest BCUT2D eigenvalue weighted by molar-refractivity contribution is 0.0525. The number of nitrogens with zero attached hydrogens (tertiary/aromatic N) is 2. The predicted molar refractivity (Wildman–Crippen MR) is 95.6 cm³/mol. The molecule has 0 fully saturated rings. The second-order valence-corrected chi connectivity index (χ2v) is 5.89. The second-order valence-electron chi connectivity index (χ2n) is 5.10. The van der Waals surface area contributed by atoms with E-state index >= 15 is 0 Å². The molecule has 0 saturated carbocycles. The maximum absolute atomic E-state index is 12.0. The van der Waals surface area contributed by atoms with Gasteiger partial charge in [-0.2, -0.15) is 5.26 Å². The lowest BCUT2D eigenvalue weighted by atomic mass is 10.0. The maximum Gasteiger partial charge on any atom is 0.340 e. The Hall–Kier alpha value is -2.71. The third-order valence-electron chi connectivity index (χ3n) is 3.65. The summed E-state index contributed by atoms with van der Waals surface area (Å²) in [4.78, 5) is 16.5. The molecular weight excluding hydrogens is 368 g/mol. The predicted octanol–water partition coefficient (Wildman–Crippen LogP) is 4.71. The zero-order valence-electron chi connectivity index (χ0n) is 12.9. The molecule has 2 aromatic carbocycles. The Morgan fingerprint density at radius 3 is 2.67 bits per heavy atom. The lowest BCUT2D eigenvalue weighted by Gasteiger charge is -2.10. The molecule has 3 rings (SSSR count). The van der Waals surface area contributed by atoms with Gasteiger partial charge in [-0.25, -0.2) is 4.79 Å². The molecule has 1 aromatic heterocycles. The zero-order valence-corrected chi connectivity index (χ0v) is 14.5. The number of rotatable bonds is 3. The third-order valence-corrected chi connectivity index (χ3v) is 4.51. The highest BCUT2D eigenvalue weighted by molar-refractivity contribution is 9.10. The molecule has 0 bridgehead atoms. The van der Waals surface area contributed by atoms with Crippen molar-refractivity contribution in [2.24, 2.45) is 0 Å². The summed E-state index contributed by atoms with van der Waals surface area (Å²) >= 11 is 3.50. The number of esters is 1. The van der Waals surface area contributed by atoms with Gasteiger partial charge in [0.05, 0.1) is 29.3 Å². The van der Waals surface area contributed by atoms with Crippen molar-refractivity contribution < 1.29 is 9.53 Å². The third kappa shape index (κ3) is 2.89. The Kier molecular flexibility index (Phi) is 4.59. The van der Waals surface area contributed by atoms with Crippen molar-refractivity contribution >= 4 is 32.8 Å². The summed E-state index contributed by atoms with van der Waals surface area (Å²) in [7, 11) is 0. The highest BCUT2D eigenvalue weighted by Crippen LogP contribution is 2.33. The number of carbonyl (C=O) groups is 1. The number of ether oxygens (including phenoxy) is 1. The molecule has 0 spiro atoms. The highest BCUT2D eigenvalue weighted by Gasteiger charge is 2.16. The molecule has 0 unspecified atom stereocenters. The lowest BCUT2D eigenvalue weighted by Crippen LogP contribution is -2.06.